The molecule has 0 spiro atoms. The van der Waals surface area contributed by atoms with Crippen LogP contribution >= 0.6 is 0 Å². The average molecular weight is 478 g/mol. The summed E-state index contributed by atoms with van der Waals surface area (Å²) in [7, 11) is 1.55. The molecule has 4 rings (SSSR count). The molecule has 1 heterocycles. The van der Waals surface area contributed by atoms with E-state index in [1.165, 1.54) is 6.07 Å². The van der Waals surface area contributed by atoms with Crippen LogP contribution in [0.2, 0.25) is 0 Å². The maximum Gasteiger partial charge on any atom is 0.410 e. The van der Waals surface area contributed by atoms with E-state index in [0.717, 1.165) is 27.8 Å². The Balaban J connectivity index is 1.58. The topological polar surface area (TPSA) is 65.1 Å². The molecular weight excluding hydrogens is 449 g/mol. The first-order valence-corrected chi connectivity index (χ1v) is 11.6. The monoisotopic (exact) mass is 477 g/mol. The van der Waals surface area contributed by atoms with Gasteiger partial charge in [0.25, 0.3) is 0 Å². The van der Waals surface area contributed by atoms with Gasteiger partial charge in [0.05, 0.1) is 20.1 Å². The van der Waals surface area contributed by atoms with Crippen molar-refractivity contribution in [2.75, 3.05) is 20.3 Å². The summed E-state index contributed by atoms with van der Waals surface area (Å²) in [5.74, 6) is -0.0468. The van der Waals surface area contributed by atoms with E-state index in [9.17, 15) is 14.0 Å². The van der Waals surface area contributed by atoms with Crippen LogP contribution in [-0.2, 0) is 40.3 Å². The second-order valence-electron chi connectivity index (χ2n) is 8.28. The van der Waals surface area contributed by atoms with Gasteiger partial charge in [-0.05, 0) is 53.3 Å². The number of ether oxygens (including phenoxy) is 3. The van der Waals surface area contributed by atoms with Crippen molar-refractivity contribution >= 4 is 12.1 Å². The van der Waals surface area contributed by atoms with Crippen LogP contribution in [0.5, 0.6) is 5.75 Å². The van der Waals surface area contributed by atoms with Gasteiger partial charge < -0.3 is 19.1 Å². The fourth-order valence-electron chi connectivity index (χ4n) is 4.30. The van der Waals surface area contributed by atoms with Gasteiger partial charge in [-0.1, -0.05) is 48.5 Å². The smallest absolute Gasteiger partial charge is 0.410 e. The number of halogens is 1. The van der Waals surface area contributed by atoms with Gasteiger partial charge >= 0.3 is 12.1 Å². The van der Waals surface area contributed by atoms with Gasteiger partial charge in [-0.3, -0.25) is 4.79 Å². The van der Waals surface area contributed by atoms with Crippen molar-refractivity contribution in [2.45, 2.75) is 32.9 Å². The van der Waals surface area contributed by atoms with Crippen LogP contribution in [0.25, 0.3) is 11.1 Å². The summed E-state index contributed by atoms with van der Waals surface area (Å²) in [5, 5.41) is 0. The highest BCUT2D eigenvalue weighted by molar-refractivity contribution is 5.78. The predicted molar refractivity (Wildman–Crippen MR) is 129 cm³/mol. The van der Waals surface area contributed by atoms with Gasteiger partial charge in [-0.2, -0.15) is 0 Å². The Morgan fingerprint density at radius 1 is 0.943 bits per heavy atom. The molecular formula is C28H28FNO5. The predicted octanol–water partition coefficient (Wildman–Crippen LogP) is 5.30. The third-order valence-corrected chi connectivity index (χ3v) is 6.03. The average Bonchev–Trinajstić information content (AvgIpc) is 2.88. The standard InChI is InChI=1S/C28H28FNO5/c1-3-34-27(31)16-20-9-10-23(26(15-20)33-2)21-11-12-25(29)22-13-14-30(17-24(21)22)28(32)35-18-19-7-5-4-6-8-19/h4-12,15H,3,13-14,16-18H2,1-2H3. The molecule has 0 saturated heterocycles. The molecule has 0 saturated carbocycles. The number of benzene rings is 3. The lowest BCUT2D eigenvalue weighted by Gasteiger charge is -2.30. The van der Waals surface area contributed by atoms with E-state index in [-0.39, 0.29) is 31.4 Å². The molecule has 0 atom stereocenters. The molecule has 6 nitrogen and oxygen atoms in total. The minimum atomic E-state index is -0.438. The zero-order valence-corrected chi connectivity index (χ0v) is 19.9. The number of hydrogen-bond donors (Lipinski definition) is 0. The lowest BCUT2D eigenvalue weighted by Crippen LogP contribution is -2.37. The van der Waals surface area contributed by atoms with Crippen molar-refractivity contribution in [3.05, 3.63) is 88.7 Å². The van der Waals surface area contributed by atoms with Crippen molar-refractivity contribution in [3.63, 3.8) is 0 Å². The molecule has 0 aliphatic carbocycles. The van der Waals surface area contributed by atoms with Gasteiger partial charge in [0.15, 0.2) is 0 Å². The molecule has 0 radical (unpaired) electrons. The minimum absolute atomic E-state index is 0.132. The highest BCUT2D eigenvalue weighted by Gasteiger charge is 2.27. The molecule has 182 valence electrons. The Kier molecular flexibility index (Phi) is 7.65. The number of rotatable bonds is 7. The number of methoxy groups -OCH3 is 1. The van der Waals surface area contributed by atoms with E-state index in [1.54, 1.807) is 31.1 Å². The first kappa shape index (κ1) is 24.3. The van der Waals surface area contributed by atoms with Crippen LogP contribution in [0.15, 0.2) is 60.7 Å². The summed E-state index contributed by atoms with van der Waals surface area (Å²) >= 11 is 0. The van der Waals surface area contributed by atoms with E-state index in [1.807, 2.05) is 42.5 Å². The Hall–Kier alpha value is -3.87. The van der Waals surface area contributed by atoms with Gasteiger partial charge in [0, 0.05) is 18.7 Å². The van der Waals surface area contributed by atoms with Crippen LogP contribution in [0, 0.1) is 5.82 Å². The number of carbonyl (C=O) groups is 2. The van der Waals surface area contributed by atoms with Crippen LogP contribution < -0.4 is 4.74 Å². The highest BCUT2D eigenvalue weighted by atomic mass is 19.1. The first-order valence-electron chi connectivity index (χ1n) is 11.6. The van der Waals surface area contributed by atoms with Gasteiger partial charge in [-0.15, -0.1) is 0 Å². The molecule has 1 amide bonds. The summed E-state index contributed by atoms with van der Waals surface area (Å²) in [5.41, 5.74) is 4.51. The Morgan fingerprint density at radius 3 is 2.46 bits per heavy atom. The van der Waals surface area contributed by atoms with Crippen molar-refractivity contribution < 1.29 is 28.2 Å². The van der Waals surface area contributed by atoms with Crippen molar-refractivity contribution in [2.24, 2.45) is 0 Å². The summed E-state index contributed by atoms with van der Waals surface area (Å²) in [6.07, 6.45) is 0.0811. The largest absolute Gasteiger partial charge is 0.496 e. The summed E-state index contributed by atoms with van der Waals surface area (Å²) < 4.78 is 30.9. The molecule has 1 aliphatic rings. The van der Waals surface area contributed by atoms with Crippen LogP contribution in [0.1, 0.15) is 29.2 Å². The van der Waals surface area contributed by atoms with E-state index in [2.05, 4.69) is 0 Å². The number of nitrogens with zero attached hydrogens (tertiary/aromatic N) is 1. The summed E-state index contributed by atoms with van der Waals surface area (Å²) in [6, 6.07) is 18.1. The quantitative estimate of drug-likeness (QED) is 0.432. The van der Waals surface area contributed by atoms with Crippen LogP contribution in [-0.4, -0.2) is 37.2 Å². The highest BCUT2D eigenvalue weighted by Crippen LogP contribution is 2.37. The normalized spacial score (nSPS) is 12.6. The Bertz CT molecular complexity index is 1210. The van der Waals surface area contributed by atoms with E-state index in [0.29, 0.717) is 30.9 Å². The zero-order chi connectivity index (χ0) is 24.8. The Morgan fingerprint density at radius 2 is 1.71 bits per heavy atom. The number of hydrogen-bond acceptors (Lipinski definition) is 5. The molecule has 0 bridgehead atoms. The molecule has 3 aromatic carbocycles. The molecule has 0 N–H and O–H groups in total. The maximum absolute atomic E-state index is 14.7. The number of carbonyl (C=O) groups excluding carboxylic acids is 2. The molecule has 35 heavy (non-hydrogen) atoms. The third-order valence-electron chi connectivity index (χ3n) is 6.03. The summed E-state index contributed by atoms with van der Waals surface area (Å²) in [6.45, 7) is 2.86. The molecule has 3 aromatic rings. The van der Waals surface area contributed by atoms with Crippen LogP contribution in [0.3, 0.4) is 0 Å². The minimum Gasteiger partial charge on any atom is -0.496 e. The number of fused-ring (bicyclic) bond motifs is 1. The van der Waals surface area contributed by atoms with Crippen LogP contribution in [0.4, 0.5) is 9.18 Å². The second kappa shape index (κ2) is 11.0. The van der Waals surface area contributed by atoms with Gasteiger partial charge in [0.2, 0.25) is 0 Å². The first-order chi connectivity index (χ1) is 17.0. The number of amides is 1. The molecule has 0 fully saturated rings. The second-order valence-corrected chi connectivity index (χ2v) is 8.28. The lowest BCUT2D eigenvalue weighted by molar-refractivity contribution is -0.142. The molecule has 0 aromatic heterocycles. The van der Waals surface area contributed by atoms with E-state index >= 15 is 0 Å². The summed E-state index contributed by atoms with van der Waals surface area (Å²) in [4.78, 5) is 26.3. The third kappa shape index (κ3) is 5.62. The van der Waals surface area contributed by atoms with Gasteiger partial charge in [0.1, 0.15) is 18.2 Å². The van der Waals surface area contributed by atoms with Crippen molar-refractivity contribution in [1.82, 2.24) is 4.90 Å². The lowest BCUT2D eigenvalue weighted by atomic mass is 9.90. The maximum atomic E-state index is 14.7. The fraction of sp³-hybridized carbons (Fsp3) is 0.286. The van der Waals surface area contributed by atoms with E-state index in [4.69, 9.17) is 14.2 Å². The SMILES string of the molecule is CCOC(=O)Cc1ccc(-c2ccc(F)c3c2CN(C(=O)OCc2ccccc2)CC3)c(OC)c1. The molecule has 7 heteroatoms. The van der Waals surface area contributed by atoms with E-state index < -0.39 is 6.09 Å². The van der Waals surface area contributed by atoms with Gasteiger partial charge in [-0.25, -0.2) is 9.18 Å². The molecule has 0 unspecified atom stereocenters. The number of esters is 1. The molecule has 1 aliphatic heterocycles. The zero-order valence-electron chi connectivity index (χ0n) is 19.9. The fourth-order valence-corrected chi connectivity index (χ4v) is 4.30. The van der Waals surface area contributed by atoms with Crippen molar-refractivity contribution in [1.29, 1.82) is 0 Å². The Labute approximate surface area is 204 Å². The van der Waals surface area contributed by atoms with Crippen molar-refractivity contribution in [3.8, 4) is 16.9 Å².